The standard InChI is InChI=1S/C12H17N3O/c1-9-4-6-14-8-11(9)15-12(16)10-3-2-5-13-7-10/h2-3,5,7,9,11,14H,4,6,8H2,1H3,(H,15,16). The quantitative estimate of drug-likeness (QED) is 0.774. The van der Waals surface area contributed by atoms with Crippen LogP contribution >= 0.6 is 0 Å². The normalized spacial score (nSPS) is 25.1. The number of hydrogen-bond acceptors (Lipinski definition) is 3. The monoisotopic (exact) mass is 219 g/mol. The molecule has 2 unspecified atom stereocenters. The van der Waals surface area contributed by atoms with E-state index in [9.17, 15) is 4.79 Å². The number of carbonyl (C=O) groups excluding carboxylic acids is 1. The molecule has 4 nitrogen and oxygen atoms in total. The summed E-state index contributed by atoms with van der Waals surface area (Å²) in [6.07, 6.45) is 4.37. The van der Waals surface area contributed by atoms with Crippen molar-refractivity contribution in [3.05, 3.63) is 30.1 Å². The lowest BCUT2D eigenvalue weighted by atomic mass is 9.94. The fraction of sp³-hybridized carbons (Fsp3) is 0.500. The SMILES string of the molecule is CC1CCNCC1NC(=O)c1cccnc1. The number of hydrogen-bond donors (Lipinski definition) is 2. The molecule has 1 saturated heterocycles. The Morgan fingerprint density at radius 2 is 2.50 bits per heavy atom. The molecule has 1 amide bonds. The summed E-state index contributed by atoms with van der Waals surface area (Å²) in [5.41, 5.74) is 0.625. The maximum Gasteiger partial charge on any atom is 0.253 e. The van der Waals surface area contributed by atoms with E-state index >= 15 is 0 Å². The van der Waals surface area contributed by atoms with Gasteiger partial charge < -0.3 is 10.6 Å². The van der Waals surface area contributed by atoms with Gasteiger partial charge in [0.05, 0.1) is 5.56 Å². The van der Waals surface area contributed by atoms with Crippen LogP contribution in [0.2, 0.25) is 0 Å². The van der Waals surface area contributed by atoms with Crippen molar-refractivity contribution in [3.63, 3.8) is 0 Å². The predicted octanol–water partition coefficient (Wildman–Crippen LogP) is 0.809. The zero-order valence-corrected chi connectivity index (χ0v) is 9.44. The summed E-state index contributed by atoms with van der Waals surface area (Å²) in [6, 6.07) is 3.78. The van der Waals surface area contributed by atoms with E-state index < -0.39 is 0 Å². The Kier molecular flexibility index (Phi) is 3.51. The average Bonchev–Trinajstić information content (AvgIpc) is 2.33. The largest absolute Gasteiger partial charge is 0.348 e. The zero-order valence-electron chi connectivity index (χ0n) is 9.44. The summed E-state index contributed by atoms with van der Waals surface area (Å²) < 4.78 is 0. The third-order valence-corrected chi connectivity index (χ3v) is 3.07. The first-order valence-electron chi connectivity index (χ1n) is 5.69. The van der Waals surface area contributed by atoms with Crippen LogP contribution in [0.1, 0.15) is 23.7 Å². The maximum absolute atomic E-state index is 11.9. The van der Waals surface area contributed by atoms with Crippen LogP contribution in [0.25, 0.3) is 0 Å². The van der Waals surface area contributed by atoms with Gasteiger partial charge in [-0.15, -0.1) is 0 Å². The molecular weight excluding hydrogens is 202 g/mol. The predicted molar refractivity (Wildman–Crippen MR) is 62.1 cm³/mol. The second-order valence-electron chi connectivity index (χ2n) is 4.29. The van der Waals surface area contributed by atoms with E-state index in [1.807, 2.05) is 0 Å². The summed E-state index contributed by atoms with van der Waals surface area (Å²) in [6.45, 7) is 4.07. The number of pyridine rings is 1. The van der Waals surface area contributed by atoms with Crippen LogP contribution in [0.4, 0.5) is 0 Å². The van der Waals surface area contributed by atoms with Gasteiger partial charge in [0.15, 0.2) is 0 Å². The lowest BCUT2D eigenvalue weighted by molar-refractivity contribution is 0.0915. The summed E-state index contributed by atoms with van der Waals surface area (Å²) >= 11 is 0. The number of piperidine rings is 1. The van der Waals surface area contributed by atoms with E-state index in [0.717, 1.165) is 19.5 Å². The maximum atomic E-state index is 11.9. The zero-order chi connectivity index (χ0) is 11.4. The van der Waals surface area contributed by atoms with Crippen molar-refractivity contribution in [2.75, 3.05) is 13.1 Å². The molecule has 1 fully saturated rings. The van der Waals surface area contributed by atoms with E-state index in [2.05, 4.69) is 22.5 Å². The first kappa shape index (κ1) is 11.1. The van der Waals surface area contributed by atoms with Crippen molar-refractivity contribution in [3.8, 4) is 0 Å². The highest BCUT2D eigenvalue weighted by atomic mass is 16.1. The molecule has 0 bridgehead atoms. The second-order valence-corrected chi connectivity index (χ2v) is 4.29. The van der Waals surface area contributed by atoms with Crippen LogP contribution in [-0.2, 0) is 0 Å². The Morgan fingerprint density at radius 1 is 1.62 bits per heavy atom. The molecule has 1 aliphatic heterocycles. The lowest BCUT2D eigenvalue weighted by Gasteiger charge is -2.30. The summed E-state index contributed by atoms with van der Waals surface area (Å²) in [5, 5.41) is 6.34. The third kappa shape index (κ3) is 2.58. The molecule has 4 heteroatoms. The van der Waals surface area contributed by atoms with E-state index in [1.54, 1.807) is 24.5 Å². The Hall–Kier alpha value is -1.42. The number of amides is 1. The molecule has 1 aromatic heterocycles. The van der Waals surface area contributed by atoms with Crippen molar-refractivity contribution < 1.29 is 4.79 Å². The highest BCUT2D eigenvalue weighted by Crippen LogP contribution is 2.11. The molecule has 0 radical (unpaired) electrons. The molecule has 0 spiro atoms. The molecule has 0 saturated carbocycles. The number of nitrogens with zero attached hydrogens (tertiary/aromatic N) is 1. The second kappa shape index (κ2) is 5.07. The molecule has 16 heavy (non-hydrogen) atoms. The van der Waals surface area contributed by atoms with Crippen LogP contribution in [-0.4, -0.2) is 30.0 Å². The molecule has 1 aromatic rings. The number of nitrogens with one attached hydrogen (secondary N) is 2. The fourth-order valence-electron chi connectivity index (χ4n) is 1.93. The van der Waals surface area contributed by atoms with Gasteiger partial charge in [0.1, 0.15) is 0 Å². The minimum Gasteiger partial charge on any atom is -0.348 e. The Labute approximate surface area is 95.5 Å². The van der Waals surface area contributed by atoms with Crippen LogP contribution in [0.5, 0.6) is 0 Å². The summed E-state index contributed by atoms with van der Waals surface area (Å²) in [5.74, 6) is 0.496. The van der Waals surface area contributed by atoms with Crippen LogP contribution in [0, 0.1) is 5.92 Å². The van der Waals surface area contributed by atoms with E-state index in [1.165, 1.54) is 0 Å². The average molecular weight is 219 g/mol. The number of rotatable bonds is 2. The first-order valence-corrected chi connectivity index (χ1v) is 5.69. The molecule has 0 aliphatic carbocycles. The van der Waals surface area contributed by atoms with Gasteiger partial charge in [0.25, 0.3) is 5.91 Å². The highest BCUT2D eigenvalue weighted by Gasteiger charge is 2.22. The highest BCUT2D eigenvalue weighted by molar-refractivity contribution is 5.94. The number of aromatic nitrogens is 1. The van der Waals surface area contributed by atoms with Gasteiger partial charge in [-0.2, -0.15) is 0 Å². The van der Waals surface area contributed by atoms with Gasteiger partial charge in [-0.25, -0.2) is 0 Å². The van der Waals surface area contributed by atoms with Gasteiger partial charge in [0, 0.05) is 25.0 Å². The topological polar surface area (TPSA) is 54.0 Å². The van der Waals surface area contributed by atoms with Crippen molar-refractivity contribution in [2.45, 2.75) is 19.4 Å². The van der Waals surface area contributed by atoms with Gasteiger partial charge in [-0.05, 0) is 31.0 Å². The summed E-state index contributed by atoms with van der Waals surface area (Å²) in [7, 11) is 0. The molecule has 2 heterocycles. The Morgan fingerprint density at radius 3 is 3.19 bits per heavy atom. The third-order valence-electron chi connectivity index (χ3n) is 3.07. The van der Waals surface area contributed by atoms with Crippen molar-refractivity contribution in [1.29, 1.82) is 0 Å². The van der Waals surface area contributed by atoms with Gasteiger partial charge in [0.2, 0.25) is 0 Å². The molecule has 2 rings (SSSR count). The van der Waals surface area contributed by atoms with Crippen LogP contribution in [0.3, 0.4) is 0 Å². The van der Waals surface area contributed by atoms with E-state index in [-0.39, 0.29) is 11.9 Å². The van der Waals surface area contributed by atoms with Gasteiger partial charge >= 0.3 is 0 Å². The molecule has 1 aliphatic rings. The molecule has 2 N–H and O–H groups in total. The Balaban J connectivity index is 1.96. The molecule has 2 atom stereocenters. The molecule has 86 valence electrons. The molecule has 0 aromatic carbocycles. The first-order chi connectivity index (χ1) is 7.77. The fourth-order valence-corrected chi connectivity index (χ4v) is 1.93. The lowest BCUT2D eigenvalue weighted by Crippen LogP contribution is -2.50. The van der Waals surface area contributed by atoms with E-state index in [4.69, 9.17) is 0 Å². The minimum atomic E-state index is -0.0337. The number of carbonyl (C=O) groups is 1. The van der Waals surface area contributed by atoms with Crippen molar-refractivity contribution in [1.82, 2.24) is 15.6 Å². The van der Waals surface area contributed by atoms with Crippen molar-refractivity contribution >= 4 is 5.91 Å². The van der Waals surface area contributed by atoms with E-state index in [0.29, 0.717) is 11.5 Å². The van der Waals surface area contributed by atoms with Crippen LogP contribution < -0.4 is 10.6 Å². The molecular formula is C12H17N3O. The van der Waals surface area contributed by atoms with Crippen molar-refractivity contribution in [2.24, 2.45) is 5.92 Å². The van der Waals surface area contributed by atoms with Crippen LogP contribution in [0.15, 0.2) is 24.5 Å². The summed E-state index contributed by atoms with van der Waals surface area (Å²) in [4.78, 5) is 15.8. The minimum absolute atomic E-state index is 0.0337. The van der Waals surface area contributed by atoms with Gasteiger partial charge in [-0.3, -0.25) is 9.78 Å². The Bertz CT molecular complexity index is 353. The smallest absolute Gasteiger partial charge is 0.253 e. The van der Waals surface area contributed by atoms with Gasteiger partial charge in [-0.1, -0.05) is 6.92 Å².